The summed E-state index contributed by atoms with van der Waals surface area (Å²) < 4.78 is 0. The summed E-state index contributed by atoms with van der Waals surface area (Å²) in [5, 5.41) is 3.12. The average Bonchev–Trinajstić information content (AvgIpc) is 2.91. The maximum absolute atomic E-state index is 12.3. The number of rotatable bonds is 3. The van der Waals surface area contributed by atoms with E-state index in [1.165, 1.54) is 11.1 Å². The Morgan fingerprint density at radius 3 is 2.65 bits per heavy atom. The van der Waals surface area contributed by atoms with Crippen LogP contribution in [0.5, 0.6) is 0 Å². The van der Waals surface area contributed by atoms with E-state index in [9.17, 15) is 4.79 Å². The summed E-state index contributed by atoms with van der Waals surface area (Å²) in [7, 11) is 0. The van der Waals surface area contributed by atoms with Gasteiger partial charge in [-0.05, 0) is 41.7 Å². The van der Waals surface area contributed by atoms with Gasteiger partial charge in [0.05, 0.1) is 6.04 Å². The van der Waals surface area contributed by atoms with Gasteiger partial charge in [-0.15, -0.1) is 0 Å². The van der Waals surface area contributed by atoms with Crippen LogP contribution >= 0.6 is 0 Å². The van der Waals surface area contributed by atoms with Crippen molar-refractivity contribution in [3.8, 4) is 0 Å². The van der Waals surface area contributed by atoms with E-state index >= 15 is 0 Å². The van der Waals surface area contributed by atoms with Crippen LogP contribution < -0.4 is 11.1 Å². The van der Waals surface area contributed by atoms with Gasteiger partial charge >= 0.3 is 0 Å². The number of carbonyl (C=O) groups is 1. The van der Waals surface area contributed by atoms with Crippen LogP contribution in [0.25, 0.3) is 0 Å². The molecule has 0 spiro atoms. The van der Waals surface area contributed by atoms with Gasteiger partial charge in [-0.25, -0.2) is 0 Å². The van der Waals surface area contributed by atoms with Gasteiger partial charge in [-0.1, -0.05) is 36.4 Å². The summed E-state index contributed by atoms with van der Waals surface area (Å²) in [6, 6.07) is 15.9. The zero-order valence-corrected chi connectivity index (χ0v) is 11.3. The van der Waals surface area contributed by atoms with Crippen molar-refractivity contribution in [1.82, 2.24) is 5.32 Å². The van der Waals surface area contributed by atoms with Gasteiger partial charge in [0.15, 0.2) is 0 Å². The summed E-state index contributed by atoms with van der Waals surface area (Å²) in [6.07, 6.45) is 2.01. The molecule has 0 aliphatic heterocycles. The number of fused-ring (bicyclic) bond motifs is 1. The zero-order chi connectivity index (χ0) is 13.9. The van der Waals surface area contributed by atoms with Crippen molar-refractivity contribution in [2.75, 3.05) is 0 Å². The smallest absolute Gasteiger partial charge is 0.251 e. The van der Waals surface area contributed by atoms with Crippen molar-refractivity contribution < 1.29 is 4.79 Å². The first-order chi connectivity index (χ1) is 9.78. The highest BCUT2D eigenvalue weighted by Gasteiger charge is 2.23. The lowest BCUT2D eigenvalue weighted by atomic mass is 10.1. The fourth-order valence-corrected chi connectivity index (χ4v) is 2.74. The number of amides is 1. The van der Waals surface area contributed by atoms with Crippen molar-refractivity contribution in [2.45, 2.75) is 25.4 Å². The molecule has 3 nitrogen and oxygen atoms in total. The molecular formula is C17H18N2O. The minimum Gasteiger partial charge on any atom is -0.345 e. The van der Waals surface area contributed by atoms with Gasteiger partial charge in [0, 0.05) is 12.1 Å². The number of nitrogens with two attached hydrogens (primary N) is 1. The van der Waals surface area contributed by atoms with Crippen LogP contribution in [0.4, 0.5) is 0 Å². The number of carbonyl (C=O) groups excluding carboxylic acids is 1. The predicted octanol–water partition coefficient (Wildman–Crippen LogP) is 2.56. The normalized spacial score (nSPS) is 16.8. The Bertz CT molecular complexity index is 619. The van der Waals surface area contributed by atoms with Crippen LogP contribution in [0.3, 0.4) is 0 Å². The predicted molar refractivity (Wildman–Crippen MR) is 79.3 cm³/mol. The Kier molecular flexibility index (Phi) is 3.52. The number of hydrogen-bond acceptors (Lipinski definition) is 2. The average molecular weight is 266 g/mol. The summed E-state index contributed by atoms with van der Waals surface area (Å²) in [4.78, 5) is 12.3. The van der Waals surface area contributed by atoms with Crippen LogP contribution in [0, 0.1) is 0 Å². The van der Waals surface area contributed by atoms with E-state index in [1.807, 2.05) is 30.3 Å². The first kappa shape index (κ1) is 12.9. The van der Waals surface area contributed by atoms with E-state index in [-0.39, 0.29) is 11.9 Å². The van der Waals surface area contributed by atoms with E-state index in [1.54, 1.807) is 0 Å². The summed E-state index contributed by atoms with van der Waals surface area (Å²) in [5.41, 5.74) is 9.88. The molecule has 0 aromatic heterocycles. The molecule has 102 valence electrons. The lowest BCUT2D eigenvalue weighted by molar-refractivity contribution is 0.0936. The van der Waals surface area contributed by atoms with Crippen molar-refractivity contribution in [2.24, 2.45) is 5.73 Å². The fourth-order valence-electron chi connectivity index (χ4n) is 2.74. The molecule has 0 saturated heterocycles. The minimum atomic E-state index is -0.0183. The van der Waals surface area contributed by atoms with Crippen molar-refractivity contribution >= 4 is 5.91 Å². The van der Waals surface area contributed by atoms with Crippen LogP contribution in [0.15, 0.2) is 48.5 Å². The van der Waals surface area contributed by atoms with E-state index < -0.39 is 0 Å². The van der Waals surface area contributed by atoms with Crippen LogP contribution in [0.2, 0.25) is 0 Å². The molecular weight excluding hydrogens is 248 g/mol. The molecule has 0 heterocycles. The molecule has 3 N–H and O–H groups in total. The van der Waals surface area contributed by atoms with Crippen molar-refractivity contribution in [3.63, 3.8) is 0 Å². The molecule has 1 atom stereocenters. The standard InChI is InChI=1S/C17H18N2O/c18-11-12-5-7-14(8-6-12)17(20)19-16-10-9-13-3-1-2-4-15(13)16/h1-8,16H,9-11,18H2,(H,19,20). The molecule has 20 heavy (non-hydrogen) atoms. The molecule has 1 aliphatic rings. The summed E-state index contributed by atoms with van der Waals surface area (Å²) >= 11 is 0. The molecule has 2 aromatic rings. The highest BCUT2D eigenvalue weighted by molar-refractivity contribution is 5.94. The highest BCUT2D eigenvalue weighted by Crippen LogP contribution is 2.30. The topological polar surface area (TPSA) is 55.1 Å². The van der Waals surface area contributed by atoms with Gasteiger partial charge in [0.1, 0.15) is 0 Å². The molecule has 3 heteroatoms. The molecule has 1 aliphatic carbocycles. The Labute approximate surface area is 118 Å². The lowest BCUT2D eigenvalue weighted by Gasteiger charge is -2.14. The SMILES string of the molecule is NCc1ccc(C(=O)NC2CCc3ccccc32)cc1. The molecule has 0 saturated carbocycles. The second-order valence-corrected chi connectivity index (χ2v) is 5.16. The first-order valence-electron chi connectivity index (χ1n) is 6.95. The van der Waals surface area contributed by atoms with Crippen LogP contribution in [-0.2, 0) is 13.0 Å². The van der Waals surface area contributed by atoms with E-state index in [4.69, 9.17) is 5.73 Å². The highest BCUT2D eigenvalue weighted by atomic mass is 16.1. The van der Waals surface area contributed by atoms with Gasteiger partial charge in [-0.3, -0.25) is 4.79 Å². The molecule has 0 fully saturated rings. The van der Waals surface area contributed by atoms with Gasteiger partial charge in [-0.2, -0.15) is 0 Å². The number of nitrogens with one attached hydrogen (secondary N) is 1. The Hall–Kier alpha value is -2.13. The summed E-state index contributed by atoms with van der Waals surface area (Å²) in [6.45, 7) is 0.498. The third-order valence-corrected chi connectivity index (χ3v) is 3.89. The molecule has 0 bridgehead atoms. The first-order valence-corrected chi connectivity index (χ1v) is 6.95. The monoisotopic (exact) mass is 266 g/mol. The maximum atomic E-state index is 12.3. The van der Waals surface area contributed by atoms with Crippen molar-refractivity contribution in [3.05, 3.63) is 70.8 Å². The Morgan fingerprint density at radius 1 is 1.15 bits per heavy atom. The quantitative estimate of drug-likeness (QED) is 0.897. The zero-order valence-electron chi connectivity index (χ0n) is 11.3. The summed E-state index contributed by atoms with van der Waals surface area (Å²) in [5.74, 6) is -0.0183. The fraction of sp³-hybridized carbons (Fsp3) is 0.235. The molecule has 2 aromatic carbocycles. The minimum absolute atomic E-state index is 0.0183. The van der Waals surface area contributed by atoms with Crippen LogP contribution in [-0.4, -0.2) is 5.91 Å². The van der Waals surface area contributed by atoms with Gasteiger partial charge in [0.2, 0.25) is 0 Å². The maximum Gasteiger partial charge on any atom is 0.251 e. The lowest BCUT2D eigenvalue weighted by Crippen LogP contribution is -2.27. The van der Waals surface area contributed by atoms with E-state index in [0.29, 0.717) is 12.1 Å². The van der Waals surface area contributed by atoms with Gasteiger partial charge in [0.25, 0.3) is 5.91 Å². The third kappa shape index (κ3) is 2.45. The second kappa shape index (κ2) is 5.47. The number of hydrogen-bond donors (Lipinski definition) is 2. The molecule has 0 radical (unpaired) electrons. The van der Waals surface area contributed by atoms with Crippen LogP contribution in [0.1, 0.15) is 39.5 Å². The molecule has 1 amide bonds. The molecule has 3 rings (SSSR count). The Balaban J connectivity index is 1.73. The molecule has 1 unspecified atom stereocenters. The number of benzene rings is 2. The number of aryl methyl sites for hydroxylation is 1. The Morgan fingerprint density at radius 2 is 1.90 bits per heavy atom. The van der Waals surface area contributed by atoms with Crippen molar-refractivity contribution in [1.29, 1.82) is 0 Å². The van der Waals surface area contributed by atoms with Gasteiger partial charge < -0.3 is 11.1 Å². The largest absolute Gasteiger partial charge is 0.345 e. The second-order valence-electron chi connectivity index (χ2n) is 5.16. The van der Waals surface area contributed by atoms with E-state index in [0.717, 1.165) is 18.4 Å². The van der Waals surface area contributed by atoms with E-state index in [2.05, 4.69) is 23.5 Å². The third-order valence-electron chi connectivity index (χ3n) is 3.89.